The third-order valence-electron chi connectivity index (χ3n) is 4.31. The fourth-order valence-corrected chi connectivity index (χ4v) is 3.46. The highest BCUT2D eigenvalue weighted by Gasteiger charge is 2.30. The van der Waals surface area contributed by atoms with Crippen LogP contribution in [0.25, 0.3) is 0 Å². The van der Waals surface area contributed by atoms with Crippen LogP contribution >= 0.6 is 11.6 Å². The second-order valence-electron chi connectivity index (χ2n) is 6.30. The first kappa shape index (κ1) is 20.1. The van der Waals surface area contributed by atoms with E-state index in [1.165, 1.54) is 17.0 Å². The van der Waals surface area contributed by atoms with Crippen molar-refractivity contribution in [1.82, 2.24) is 10.2 Å². The van der Waals surface area contributed by atoms with Gasteiger partial charge in [-0.05, 0) is 42.0 Å². The zero-order chi connectivity index (χ0) is 20.3. The number of nitrogens with two attached hydrogens (primary N) is 1. The lowest BCUT2D eigenvalue weighted by molar-refractivity contribution is -0.121. The van der Waals surface area contributed by atoms with Crippen molar-refractivity contribution in [3.63, 3.8) is 0 Å². The number of urea groups is 1. The van der Waals surface area contributed by atoms with Gasteiger partial charge in [0, 0.05) is 30.3 Å². The van der Waals surface area contributed by atoms with Gasteiger partial charge in [-0.15, -0.1) is 0 Å². The van der Waals surface area contributed by atoms with Crippen LogP contribution in [0.4, 0.5) is 10.5 Å². The van der Waals surface area contributed by atoms with E-state index >= 15 is 0 Å². The van der Waals surface area contributed by atoms with Crippen molar-refractivity contribution in [2.24, 2.45) is 5.14 Å². The number of primary sulfonamides is 1. The van der Waals surface area contributed by atoms with Crippen LogP contribution in [0.2, 0.25) is 5.02 Å². The SMILES string of the molecule is NS(=O)(=O)c1ccc(CNC(=O)CN2CCN(c3ccc(Cl)cc3)C2=O)cc1. The predicted octanol–water partition coefficient (Wildman–Crippen LogP) is 1.55. The van der Waals surface area contributed by atoms with Crippen molar-refractivity contribution >= 4 is 39.2 Å². The number of hydrogen-bond acceptors (Lipinski definition) is 4. The monoisotopic (exact) mass is 422 g/mol. The van der Waals surface area contributed by atoms with E-state index in [1.807, 2.05) is 0 Å². The predicted molar refractivity (Wildman–Crippen MR) is 105 cm³/mol. The Morgan fingerprint density at radius 2 is 1.71 bits per heavy atom. The summed E-state index contributed by atoms with van der Waals surface area (Å²) < 4.78 is 22.5. The minimum absolute atomic E-state index is 0.00697. The third-order valence-corrected chi connectivity index (χ3v) is 5.49. The maximum absolute atomic E-state index is 12.5. The Bertz CT molecular complexity index is 978. The molecular weight excluding hydrogens is 404 g/mol. The molecule has 1 aliphatic heterocycles. The van der Waals surface area contributed by atoms with Crippen LogP contribution in [-0.4, -0.2) is 44.9 Å². The average molecular weight is 423 g/mol. The van der Waals surface area contributed by atoms with E-state index in [9.17, 15) is 18.0 Å². The summed E-state index contributed by atoms with van der Waals surface area (Å²) in [4.78, 5) is 27.7. The number of nitrogens with one attached hydrogen (secondary N) is 1. The zero-order valence-electron chi connectivity index (χ0n) is 14.8. The molecule has 1 saturated heterocycles. The summed E-state index contributed by atoms with van der Waals surface area (Å²) >= 11 is 5.87. The third kappa shape index (κ3) is 4.80. The molecule has 0 aromatic heterocycles. The van der Waals surface area contributed by atoms with Gasteiger partial charge in [0.05, 0.1) is 4.90 Å². The van der Waals surface area contributed by atoms with Crippen molar-refractivity contribution in [2.75, 3.05) is 24.5 Å². The molecule has 1 fully saturated rings. The lowest BCUT2D eigenvalue weighted by atomic mass is 10.2. The number of sulfonamides is 1. The second-order valence-corrected chi connectivity index (χ2v) is 8.30. The first-order chi connectivity index (χ1) is 13.2. The van der Waals surface area contributed by atoms with Gasteiger partial charge in [-0.2, -0.15) is 0 Å². The van der Waals surface area contributed by atoms with Gasteiger partial charge >= 0.3 is 6.03 Å². The number of benzene rings is 2. The van der Waals surface area contributed by atoms with Gasteiger partial charge in [-0.3, -0.25) is 9.69 Å². The molecule has 0 atom stereocenters. The molecule has 1 aliphatic rings. The van der Waals surface area contributed by atoms with Gasteiger partial charge in [-0.25, -0.2) is 18.4 Å². The van der Waals surface area contributed by atoms with Crippen LogP contribution < -0.4 is 15.4 Å². The van der Waals surface area contributed by atoms with Gasteiger partial charge in [-0.1, -0.05) is 23.7 Å². The fourth-order valence-electron chi connectivity index (χ4n) is 2.82. The molecule has 148 valence electrons. The molecule has 28 heavy (non-hydrogen) atoms. The quantitative estimate of drug-likeness (QED) is 0.735. The molecule has 1 heterocycles. The molecule has 3 amide bonds. The minimum atomic E-state index is -3.75. The van der Waals surface area contributed by atoms with Gasteiger partial charge in [0.25, 0.3) is 0 Å². The van der Waals surface area contributed by atoms with Crippen LogP contribution in [-0.2, 0) is 21.4 Å². The van der Waals surface area contributed by atoms with Gasteiger partial charge in [0.2, 0.25) is 15.9 Å². The molecule has 0 bridgehead atoms. The maximum atomic E-state index is 12.5. The molecule has 2 aromatic carbocycles. The molecule has 3 rings (SSSR count). The Kier molecular flexibility index (Phi) is 5.87. The minimum Gasteiger partial charge on any atom is -0.350 e. The zero-order valence-corrected chi connectivity index (χ0v) is 16.4. The van der Waals surface area contributed by atoms with Gasteiger partial charge in [0.15, 0.2) is 0 Å². The topological polar surface area (TPSA) is 113 Å². The first-order valence-electron chi connectivity index (χ1n) is 8.44. The molecule has 10 heteroatoms. The largest absolute Gasteiger partial charge is 0.350 e. The molecule has 0 saturated carbocycles. The fraction of sp³-hybridized carbons (Fsp3) is 0.222. The Morgan fingerprint density at radius 1 is 1.07 bits per heavy atom. The molecule has 0 spiro atoms. The highest BCUT2D eigenvalue weighted by Crippen LogP contribution is 2.22. The molecular formula is C18H19ClN4O4S. The van der Waals surface area contributed by atoms with Crippen LogP contribution in [0.1, 0.15) is 5.56 Å². The van der Waals surface area contributed by atoms with Gasteiger partial charge < -0.3 is 10.2 Å². The standard InChI is InChI=1S/C18H19ClN4O4S/c19-14-3-5-15(6-4-14)23-10-9-22(18(23)25)12-17(24)21-11-13-1-7-16(8-2-13)28(20,26)27/h1-8H,9-12H2,(H,21,24)(H2,20,26,27). The number of anilines is 1. The Balaban J connectivity index is 1.52. The molecule has 0 unspecified atom stereocenters. The summed E-state index contributed by atoms with van der Waals surface area (Å²) in [5, 5.41) is 8.35. The number of halogens is 1. The highest BCUT2D eigenvalue weighted by molar-refractivity contribution is 7.89. The number of nitrogens with zero attached hydrogens (tertiary/aromatic N) is 2. The normalized spacial score (nSPS) is 14.4. The molecule has 8 nitrogen and oxygen atoms in total. The number of hydrogen-bond donors (Lipinski definition) is 2. The molecule has 0 aliphatic carbocycles. The van der Waals surface area contributed by atoms with Gasteiger partial charge in [0.1, 0.15) is 6.54 Å². The summed E-state index contributed by atoms with van der Waals surface area (Å²) in [5.74, 6) is -0.304. The van der Waals surface area contributed by atoms with Crippen LogP contribution in [0.5, 0.6) is 0 Å². The smallest absolute Gasteiger partial charge is 0.325 e. The maximum Gasteiger partial charge on any atom is 0.325 e. The Hall–Kier alpha value is -2.62. The lowest BCUT2D eigenvalue weighted by Crippen LogP contribution is -2.39. The second kappa shape index (κ2) is 8.17. The van der Waals surface area contributed by atoms with E-state index in [0.29, 0.717) is 18.1 Å². The van der Waals surface area contributed by atoms with E-state index in [4.69, 9.17) is 16.7 Å². The Morgan fingerprint density at radius 3 is 2.32 bits per heavy atom. The van der Waals surface area contributed by atoms with E-state index in [1.54, 1.807) is 41.3 Å². The number of carbonyl (C=O) groups is 2. The number of amides is 3. The first-order valence-corrected chi connectivity index (χ1v) is 10.4. The summed E-state index contributed by atoms with van der Waals surface area (Å²) in [6.45, 7) is 1.09. The summed E-state index contributed by atoms with van der Waals surface area (Å²) in [7, 11) is -3.75. The summed E-state index contributed by atoms with van der Waals surface area (Å²) in [6.07, 6.45) is 0. The molecule has 3 N–H and O–H groups in total. The van der Waals surface area contributed by atoms with Crippen LogP contribution in [0, 0.1) is 0 Å². The van der Waals surface area contributed by atoms with Crippen LogP contribution in [0.15, 0.2) is 53.4 Å². The highest BCUT2D eigenvalue weighted by atomic mass is 35.5. The van der Waals surface area contributed by atoms with Crippen molar-refractivity contribution in [3.8, 4) is 0 Å². The van der Waals surface area contributed by atoms with Crippen molar-refractivity contribution < 1.29 is 18.0 Å². The number of rotatable bonds is 6. The molecule has 0 radical (unpaired) electrons. The van der Waals surface area contributed by atoms with E-state index in [0.717, 1.165) is 11.3 Å². The van der Waals surface area contributed by atoms with Crippen molar-refractivity contribution in [3.05, 3.63) is 59.1 Å². The summed E-state index contributed by atoms with van der Waals surface area (Å²) in [5.41, 5.74) is 1.45. The molecule has 2 aromatic rings. The Labute approximate surface area is 167 Å². The lowest BCUT2D eigenvalue weighted by Gasteiger charge is -2.18. The summed E-state index contributed by atoms with van der Waals surface area (Å²) in [6, 6.07) is 12.6. The van der Waals surface area contributed by atoms with E-state index in [2.05, 4.69) is 5.32 Å². The number of carbonyl (C=O) groups excluding carboxylic acids is 2. The van der Waals surface area contributed by atoms with E-state index in [-0.39, 0.29) is 29.9 Å². The van der Waals surface area contributed by atoms with Crippen LogP contribution in [0.3, 0.4) is 0 Å². The van der Waals surface area contributed by atoms with Crippen molar-refractivity contribution in [2.45, 2.75) is 11.4 Å². The van der Waals surface area contributed by atoms with Crippen molar-refractivity contribution in [1.29, 1.82) is 0 Å². The van der Waals surface area contributed by atoms with E-state index < -0.39 is 10.0 Å². The average Bonchev–Trinajstić information content (AvgIpc) is 3.01.